The van der Waals surface area contributed by atoms with Crippen molar-refractivity contribution in [2.45, 2.75) is 19.4 Å². The third-order valence-electron chi connectivity index (χ3n) is 4.78. The number of nitriles is 1. The lowest BCUT2D eigenvalue weighted by atomic mass is 9.96. The minimum Gasteiger partial charge on any atom is -0.382 e. The van der Waals surface area contributed by atoms with Crippen LogP contribution >= 0.6 is 0 Å². The maximum atomic E-state index is 13.8. The number of anilines is 3. The molecule has 7 nitrogen and oxygen atoms in total. The molecule has 0 spiro atoms. The van der Waals surface area contributed by atoms with E-state index in [2.05, 4.69) is 27.0 Å². The average Bonchev–Trinajstić information content (AvgIpc) is 2.74. The number of aliphatic imine (C=N–C) groups is 1. The van der Waals surface area contributed by atoms with E-state index in [1.54, 1.807) is 18.2 Å². The lowest BCUT2D eigenvalue weighted by Gasteiger charge is -2.20. The minimum absolute atomic E-state index is 0.0398. The number of rotatable bonds is 7. The average molecular weight is 433 g/mol. The first-order valence-electron chi connectivity index (χ1n) is 9.61. The summed E-state index contributed by atoms with van der Waals surface area (Å²) in [4.78, 5) is 11.8. The van der Waals surface area contributed by atoms with Crippen molar-refractivity contribution in [3.8, 4) is 6.07 Å². The van der Waals surface area contributed by atoms with E-state index in [-0.39, 0.29) is 29.0 Å². The molecule has 1 aromatic heterocycles. The molecule has 1 atom stereocenters. The second-order valence-corrected chi connectivity index (χ2v) is 7.06. The minimum atomic E-state index is -0.437. The van der Waals surface area contributed by atoms with Gasteiger partial charge in [-0.2, -0.15) is 15.2 Å². The number of benzene rings is 2. The Bertz CT molecular complexity index is 1230. The van der Waals surface area contributed by atoms with Gasteiger partial charge in [-0.1, -0.05) is 18.2 Å². The quantitative estimate of drug-likeness (QED) is 0.478. The molecule has 0 bridgehead atoms. The van der Waals surface area contributed by atoms with Crippen LogP contribution in [0.2, 0.25) is 0 Å². The molecule has 0 unspecified atom stereocenters. The van der Waals surface area contributed by atoms with Crippen LogP contribution in [-0.2, 0) is 6.42 Å². The van der Waals surface area contributed by atoms with Crippen LogP contribution in [0, 0.1) is 23.0 Å². The van der Waals surface area contributed by atoms with Crippen molar-refractivity contribution in [1.82, 2.24) is 9.97 Å². The number of hydrogen-bond donors (Lipinski definition) is 3. The maximum Gasteiger partial charge on any atom is 0.224 e. The van der Waals surface area contributed by atoms with Crippen LogP contribution in [0.1, 0.15) is 23.6 Å². The number of hydrogen-bond acceptors (Lipinski definition) is 7. The SMILES string of the molecule is C=Nc1cc(F)ccc1/C=C(\Cc1cccc(F)c1)[C@H](C)Nc1nc(N)nc(N)c1C#N. The second-order valence-electron chi connectivity index (χ2n) is 7.06. The zero-order valence-corrected chi connectivity index (χ0v) is 17.3. The molecule has 0 fully saturated rings. The zero-order valence-electron chi connectivity index (χ0n) is 17.3. The summed E-state index contributed by atoms with van der Waals surface area (Å²) in [5.41, 5.74) is 14.0. The van der Waals surface area contributed by atoms with Crippen molar-refractivity contribution in [2.24, 2.45) is 4.99 Å². The van der Waals surface area contributed by atoms with Gasteiger partial charge in [-0.3, -0.25) is 4.99 Å². The third-order valence-corrected chi connectivity index (χ3v) is 4.78. The van der Waals surface area contributed by atoms with Crippen molar-refractivity contribution in [1.29, 1.82) is 5.26 Å². The van der Waals surface area contributed by atoms with E-state index in [1.165, 1.54) is 24.3 Å². The Morgan fingerprint density at radius 2 is 1.97 bits per heavy atom. The molecule has 1 heterocycles. The maximum absolute atomic E-state index is 13.8. The van der Waals surface area contributed by atoms with E-state index in [1.807, 2.05) is 19.1 Å². The van der Waals surface area contributed by atoms with Gasteiger partial charge in [-0.05, 0) is 55.5 Å². The van der Waals surface area contributed by atoms with Crippen LogP contribution in [0.3, 0.4) is 0 Å². The van der Waals surface area contributed by atoms with E-state index >= 15 is 0 Å². The van der Waals surface area contributed by atoms with Crippen LogP contribution in [0.25, 0.3) is 6.08 Å². The summed E-state index contributed by atoms with van der Waals surface area (Å²) in [7, 11) is 0. The highest BCUT2D eigenvalue weighted by molar-refractivity contribution is 5.70. The van der Waals surface area contributed by atoms with Gasteiger partial charge in [0.15, 0.2) is 5.82 Å². The molecule has 32 heavy (non-hydrogen) atoms. The zero-order chi connectivity index (χ0) is 23.3. The molecule has 0 aliphatic heterocycles. The predicted octanol–water partition coefficient (Wildman–Crippen LogP) is 4.25. The van der Waals surface area contributed by atoms with Crippen LogP contribution in [0.4, 0.5) is 32.1 Å². The molecule has 0 aliphatic carbocycles. The van der Waals surface area contributed by atoms with Gasteiger partial charge in [0.2, 0.25) is 5.95 Å². The Morgan fingerprint density at radius 1 is 1.22 bits per heavy atom. The molecule has 0 saturated heterocycles. The number of nitrogen functional groups attached to an aromatic ring is 2. The number of nitrogens with two attached hydrogens (primary N) is 2. The van der Waals surface area contributed by atoms with Gasteiger partial charge >= 0.3 is 0 Å². The smallest absolute Gasteiger partial charge is 0.224 e. The summed E-state index contributed by atoms with van der Waals surface area (Å²) >= 11 is 0. The normalized spacial score (nSPS) is 12.1. The number of nitrogens with zero attached hydrogens (tertiary/aromatic N) is 4. The molecule has 0 radical (unpaired) electrons. The number of nitrogens with one attached hydrogen (secondary N) is 1. The topological polar surface area (TPSA) is 126 Å². The molecule has 162 valence electrons. The Kier molecular flexibility index (Phi) is 6.75. The van der Waals surface area contributed by atoms with Crippen molar-refractivity contribution < 1.29 is 8.78 Å². The molecule has 0 amide bonds. The van der Waals surface area contributed by atoms with E-state index in [9.17, 15) is 14.0 Å². The van der Waals surface area contributed by atoms with Gasteiger partial charge in [0.1, 0.15) is 29.1 Å². The molecule has 3 aromatic rings. The van der Waals surface area contributed by atoms with Gasteiger partial charge in [-0.15, -0.1) is 0 Å². The summed E-state index contributed by atoms with van der Waals surface area (Å²) in [5, 5.41) is 12.6. The highest BCUT2D eigenvalue weighted by Gasteiger charge is 2.17. The summed E-state index contributed by atoms with van der Waals surface area (Å²) in [6, 6.07) is 11.9. The fraction of sp³-hybridized carbons (Fsp3) is 0.130. The Balaban J connectivity index is 2.05. The van der Waals surface area contributed by atoms with Crippen molar-refractivity contribution in [3.63, 3.8) is 0 Å². The molecule has 3 rings (SSSR count). The second kappa shape index (κ2) is 9.66. The number of aromatic nitrogens is 2. The fourth-order valence-corrected chi connectivity index (χ4v) is 3.20. The number of halogens is 2. The van der Waals surface area contributed by atoms with Gasteiger partial charge in [-0.25, -0.2) is 8.78 Å². The molecule has 0 aliphatic rings. The van der Waals surface area contributed by atoms with Crippen molar-refractivity contribution in [3.05, 3.63) is 76.4 Å². The predicted molar refractivity (Wildman–Crippen MR) is 122 cm³/mol. The first-order chi connectivity index (χ1) is 15.3. The monoisotopic (exact) mass is 433 g/mol. The van der Waals surface area contributed by atoms with E-state index in [0.717, 1.165) is 11.1 Å². The largest absolute Gasteiger partial charge is 0.382 e. The summed E-state index contributed by atoms with van der Waals surface area (Å²) in [6.45, 7) is 5.34. The molecular weight excluding hydrogens is 412 g/mol. The van der Waals surface area contributed by atoms with Gasteiger partial charge < -0.3 is 16.8 Å². The van der Waals surface area contributed by atoms with Crippen molar-refractivity contribution >= 4 is 36.1 Å². The lowest BCUT2D eigenvalue weighted by molar-refractivity contribution is 0.625. The summed E-state index contributed by atoms with van der Waals surface area (Å²) in [5.74, 6) is -0.740. The van der Waals surface area contributed by atoms with Crippen LogP contribution in [0.5, 0.6) is 0 Å². The fourth-order valence-electron chi connectivity index (χ4n) is 3.20. The van der Waals surface area contributed by atoms with Crippen LogP contribution in [0.15, 0.2) is 53.0 Å². The van der Waals surface area contributed by atoms with Gasteiger partial charge in [0.05, 0.1) is 5.69 Å². The first kappa shape index (κ1) is 22.4. The Labute approximate surface area is 184 Å². The molecule has 9 heteroatoms. The summed E-state index contributed by atoms with van der Waals surface area (Å²) in [6.07, 6.45) is 2.17. The molecule has 2 aromatic carbocycles. The Hall–Kier alpha value is -4.32. The van der Waals surface area contributed by atoms with Gasteiger partial charge in [0.25, 0.3) is 0 Å². The standard InChI is InChI=1S/C23H21F2N7/c1-13(30-22-19(12-26)21(27)31-23(28)32-22)16(8-14-4-3-5-17(24)9-14)10-15-6-7-18(25)11-20(15)29-2/h3-7,9-11,13H,2,8H2,1H3,(H5,27,28,30,31,32)/b16-10+/t13-/m0/s1. The first-order valence-corrected chi connectivity index (χ1v) is 9.61. The lowest BCUT2D eigenvalue weighted by Crippen LogP contribution is -2.22. The van der Waals surface area contributed by atoms with Crippen LogP contribution < -0.4 is 16.8 Å². The van der Waals surface area contributed by atoms with Crippen molar-refractivity contribution in [2.75, 3.05) is 16.8 Å². The molecular formula is C23H21F2N7. The van der Waals surface area contributed by atoms with Gasteiger partial charge in [0, 0.05) is 17.7 Å². The van der Waals surface area contributed by atoms with Crippen LogP contribution in [-0.4, -0.2) is 22.7 Å². The highest BCUT2D eigenvalue weighted by atomic mass is 19.1. The Morgan fingerprint density at radius 3 is 2.66 bits per heavy atom. The molecule has 0 saturated carbocycles. The summed E-state index contributed by atoms with van der Waals surface area (Å²) < 4.78 is 27.4. The highest BCUT2D eigenvalue weighted by Crippen LogP contribution is 2.27. The van der Waals surface area contributed by atoms with E-state index < -0.39 is 11.9 Å². The third kappa shape index (κ3) is 5.23. The van der Waals surface area contributed by atoms with E-state index in [4.69, 9.17) is 11.5 Å². The van der Waals surface area contributed by atoms with E-state index in [0.29, 0.717) is 17.7 Å². The molecule has 5 N–H and O–H groups in total.